The molecule has 1 saturated heterocycles. The van der Waals surface area contributed by atoms with Gasteiger partial charge < -0.3 is 14.4 Å². The minimum atomic E-state index is -0.0280. The first-order valence-electron chi connectivity index (χ1n) is 10.2. The Bertz CT molecular complexity index is 1050. The largest absolute Gasteiger partial charge is 0.483 e. The summed E-state index contributed by atoms with van der Waals surface area (Å²) in [5.41, 5.74) is 4.16. The van der Waals surface area contributed by atoms with E-state index >= 15 is 0 Å². The average molecular weight is 479 g/mol. The number of halogens is 1. The van der Waals surface area contributed by atoms with E-state index < -0.39 is 0 Å². The first-order valence-corrected chi connectivity index (χ1v) is 11.0. The quantitative estimate of drug-likeness (QED) is 0.462. The van der Waals surface area contributed by atoms with Gasteiger partial charge in [0.25, 0.3) is 5.91 Å². The van der Waals surface area contributed by atoms with Gasteiger partial charge in [0.2, 0.25) is 0 Å². The molecule has 0 aromatic heterocycles. The summed E-state index contributed by atoms with van der Waals surface area (Å²) in [6, 6.07) is 24.1. The Hall–Kier alpha value is -2.96. The lowest BCUT2D eigenvalue weighted by Crippen LogP contribution is -2.43. The van der Waals surface area contributed by atoms with Crippen molar-refractivity contribution in [2.45, 2.75) is 0 Å². The van der Waals surface area contributed by atoms with E-state index in [4.69, 9.17) is 9.47 Å². The third-order valence-corrected chi connectivity index (χ3v) is 5.63. The van der Waals surface area contributed by atoms with Crippen LogP contribution in [0.2, 0.25) is 0 Å². The highest BCUT2D eigenvalue weighted by Crippen LogP contribution is 2.26. The fourth-order valence-corrected chi connectivity index (χ4v) is 3.79. The lowest BCUT2D eigenvalue weighted by molar-refractivity contribution is -0.137. The molecule has 1 fully saturated rings. The summed E-state index contributed by atoms with van der Waals surface area (Å²) in [4.78, 5) is 18.6. The molecular formula is C25H23BrN2O3. The molecule has 31 heavy (non-hydrogen) atoms. The second-order valence-corrected chi connectivity index (χ2v) is 8.00. The van der Waals surface area contributed by atoms with Gasteiger partial charge >= 0.3 is 0 Å². The zero-order valence-corrected chi connectivity index (χ0v) is 18.6. The monoisotopic (exact) mass is 478 g/mol. The molecule has 0 saturated carbocycles. The summed E-state index contributed by atoms with van der Waals surface area (Å²) in [6.07, 6.45) is 1.81. The second-order valence-electron chi connectivity index (χ2n) is 7.14. The number of hydrogen-bond donors (Lipinski definition) is 0. The molecule has 0 atom stereocenters. The van der Waals surface area contributed by atoms with Crippen molar-refractivity contribution in [1.82, 2.24) is 4.90 Å². The SMILES string of the molecule is O=C(COc1ccc(C=Nc2ccc(-c3ccccc3)cc2)cc1Br)N1CCOCC1. The van der Waals surface area contributed by atoms with Crippen LogP contribution in [0.1, 0.15) is 5.56 Å². The molecule has 3 aromatic rings. The number of amides is 1. The highest BCUT2D eigenvalue weighted by molar-refractivity contribution is 9.10. The van der Waals surface area contributed by atoms with Crippen molar-refractivity contribution in [3.05, 3.63) is 82.8 Å². The maximum absolute atomic E-state index is 12.2. The van der Waals surface area contributed by atoms with Crippen LogP contribution in [0.5, 0.6) is 5.75 Å². The molecule has 4 rings (SSSR count). The van der Waals surface area contributed by atoms with E-state index in [2.05, 4.69) is 45.2 Å². The third-order valence-electron chi connectivity index (χ3n) is 5.01. The zero-order valence-electron chi connectivity index (χ0n) is 17.0. The Balaban J connectivity index is 1.35. The van der Waals surface area contributed by atoms with Gasteiger partial charge in [-0.05, 0) is 63.0 Å². The normalized spacial score (nSPS) is 14.0. The maximum atomic E-state index is 12.2. The van der Waals surface area contributed by atoms with E-state index in [1.807, 2.05) is 54.7 Å². The van der Waals surface area contributed by atoms with Crippen LogP contribution in [0, 0.1) is 0 Å². The van der Waals surface area contributed by atoms with Crippen LogP contribution in [0.25, 0.3) is 11.1 Å². The molecule has 0 radical (unpaired) electrons. The molecule has 1 aliphatic heterocycles. The Morgan fingerprint density at radius 2 is 1.71 bits per heavy atom. The van der Waals surface area contributed by atoms with Crippen LogP contribution in [-0.2, 0) is 9.53 Å². The number of morpholine rings is 1. The molecule has 3 aromatic carbocycles. The van der Waals surface area contributed by atoms with E-state index in [0.29, 0.717) is 32.1 Å². The summed E-state index contributed by atoms with van der Waals surface area (Å²) >= 11 is 3.52. The topological polar surface area (TPSA) is 51.1 Å². The van der Waals surface area contributed by atoms with Gasteiger partial charge in [0.05, 0.1) is 23.4 Å². The van der Waals surface area contributed by atoms with Crippen molar-refractivity contribution < 1.29 is 14.3 Å². The summed E-state index contributed by atoms with van der Waals surface area (Å²) < 4.78 is 11.8. The van der Waals surface area contributed by atoms with Crippen molar-refractivity contribution in [2.24, 2.45) is 4.99 Å². The van der Waals surface area contributed by atoms with E-state index in [-0.39, 0.29) is 12.5 Å². The Labute approximate surface area is 190 Å². The summed E-state index contributed by atoms with van der Waals surface area (Å²) in [5.74, 6) is 0.603. The number of ether oxygens (including phenoxy) is 2. The van der Waals surface area contributed by atoms with Crippen molar-refractivity contribution in [3.8, 4) is 16.9 Å². The molecular weight excluding hydrogens is 456 g/mol. The molecule has 0 N–H and O–H groups in total. The Morgan fingerprint density at radius 1 is 1.00 bits per heavy atom. The van der Waals surface area contributed by atoms with Crippen molar-refractivity contribution in [3.63, 3.8) is 0 Å². The van der Waals surface area contributed by atoms with Gasteiger partial charge in [-0.25, -0.2) is 0 Å². The summed E-state index contributed by atoms with van der Waals surface area (Å²) in [5, 5.41) is 0. The average Bonchev–Trinajstić information content (AvgIpc) is 2.83. The van der Waals surface area contributed by atoms with Crippen LogP contribution in [0.15, 0.2) is 82.3 Å². The molecule has 0 aliphatic carbocycles. The number of aliphatic imine (C=N–C) groups is 1. The van der Waals surface area contributed by atoms with E-state index in [1.165, 1.54) is 5.56 Å². The van der Waals surface area contributed by atoms with Gasteiger partial charge in [-0.1, -0.05) is 42.5 Å². The lowest BCUT2D eigenvalue weighted by Gasteiger charge is -2.26. The van der Waals surface area contributed by atoms with Crippen molar-refractivity contribution in [2.75, 3.05) is 32.9 Å². The molecule has 6 heteroatoms. The van der Waals surface area contributed by atoms with Crippen LogP contribution in [-0.4, -0.2) is 49.9 Å². The molecule has 1 amide bonds. The third kappa shape index (κ3) is 5.81. The molecule has 0 unspecified atom stereocenters. The van der Waals surface area contributed by atoms with Gasteiger partial charge in [0, 0.05) is 19.3 Å². The van der Waals surface area contributed by atoms with Crippen LogP contribution in [0.3, 0.4) is 0 Å². The number of nitrogens with zero attached hydrogens (tertiary/aromatic N) is 2. The zero-order chi connectivity index (χ0) is 21.5. The van der Waals surface area contributed by atoms with Gasteiger partial charge in [-0.2, -0.15) is 0 Å². The molecule has 1 heterocycles. The molecule has 0 bridgehead atoms. The molecule has 5 nitrogen and oxygen atoms in total. The number of hydrogen-bond acceptors (Lipinski definition) is 4. The Kier molecular flexibility index (Phi) is 7.12. The smallest absolute Gasteiger partial charge is 0.260 e. The number of rotatable bonds is 6. The fraction of sp³-hybridized carbons (Fsp3) is 0.200. The standard InChI is InChI=1S/C25H23BrN2O3/c26-23-16-19(6-11-24(23)31-18-25(29)28-12-14-30-15-13-28)17-27-22-9-7-21(8-10-22)20-4-2-1-3-5-20/h1-11,16-17H,12-15,18H2. The summed E-state index contributed by atoms with van der Waals surface area (Å²) in [6.45, 7) is 2.41. The minimum absolute atomic E-state index is 0.0137. The molecule has 158 valence electrons. The Morgan fingerprint density at radius 3 is 2.42 bits per heavy atom. The van der Waals surface area contributed by atoms with E-state index in [0.717, 1.165) is 21.3 Å². The van der Waals surface area contributed by atoms with Gasteiger partial charge in [-0.15, -0.1) is 0 Å². The van der Waals surface area contributed by atoms with Gasteiger partial charge in [0.15, 0.2) is 6.61 Å². The molecule has 1 aliphatic rings. The van der Waals surface area contributed by atoms with Crippen molar-refractivity contribution >= 4 is 33.7 Å². The van der Waals surface area contributed by atoms with E-state index in [1.54, 1.807) is 4.90 Å². The van der Waals surface area contributed by atoms with Crippen molar-refractivity contribution in [1.29, 1.82) is 0 Å². The van der Waals surface area contributed by atoms with Crippen LogP contribution >= 0.6 is 15.9 Å². The lowest BCUT2D eigenvalue weighted by atomic mass is 10.1. The fourth-order valence-electron chi connectivity index (χ4n) is 3.28. The van der Waals surface area contributed by atoms with Gasteiger partial charge in [-0.3, -0.25) is 9.79 Å². The van der Waals surface area contributed by atoms with Crippen LogP contribution in [0.4, 0.5) is 5.69 Å². The maximum Gasteiger partial charge on any atom is 0.260 e. The highest BCUT2D eigenvalue weighted by Gasteiger charge is 2.17. The highest BCUT2D eigenvalue weighted by atomic mass is 79.9. The first kappa shape index (κ1) is 21.3. The minimum Gasteiger partial charge on any atom is -0.483 e. The first-order chi connectivity index (χ1) is 15.2. The number of carbonyl (C=O) groups excluding carboxylic acids is 1. The predicted octanol–water partition coefficient (Wildman–Crippen LogP) is 5.10. The predicted molar refractivity (Wildman–Crippen MR) is 126 cm³/mol. The second kappa shape index (κ2) is 10.4. The van der Waals surface area contributed by atoms with Crippen LogP contribution < -0.4 is 4.74 Å². The number of benzene rings is 3. The van der Waals surface area contributed by atoms with Gasteiger partial charge in [0.1, 0.15) is 5.75 Å². The van der Waals surface area contributed by atoms with E-state index in [9.17, 15) is 4.79 Å². The number of carbonyl (C=O) groups is 1. The summed E-state index contributed by atoms with van der Waals surface area (Å²) in [7, 11) is 0. The molecule has 0 spiro atoms.